The quantitative estimate of drug-likeness (QED) is 0.708. The van der Waals surface area contributed by atoms with Crippen LogP contribution in [-0.2, 0) is 0 Å². The number of hydrogen-bond donors (Lipinski definition) is 0. The van der Waals surface area contributed by atoms with E-state index in [2.05, 4.69) is 43.9 Å². The molecule has 82 valence electrons. The van der Waals surface area contributed by atoms with E-state index < -0.39 is 0 Å². The molecule has 0 aromatic heterocycles. The monoisotopic (exact) mass is 203 g/mol. The second-order valence-electron chi connectivity index (χ2n) is 4.91. The van der Waals surface area contributed by atoms with E-state index in [0.29, 0.717) is 5.92 Å². The fourth-order valence-corrected chi connectivity index (χ4v) is 2.37. The van der Waals surface area contributed by atoms with E-state index in [1.807, 2.05) is 0 Å². The van der Waals surface area contributed by atoms with Crippen LogP contribution in [0.15, 0.2) is 18.2 Å². The van der Waals surface area contributed by atoms with Crippen LogP contribution >= 0.6 is 0 Å². The molecule has 0 atom stereocenters. The van der Waals surface area contributed by atoms with Gasteiger partial charge in [-0.05, 0) is 42.9 Å². The Bertz CT molecular complexity index is 335. The van der Waals surface area contributed by atoms with Gasteiger partial charge in [-0.2, -0.15) is 0 Å². The highest BCUT2D eigenvalue weighted by Gasteiger charge is 2.16. The third-order valence-electron chi connectivity index (χ3n) is 3.25. The van der Waals surface area contributed by atoms with Crippen LogP contribution in [0.1, 0.15) is 43.7 Å². The molecule has 1 fully saturated rings. The van der Waals surface area contributed by atoms with Crippen molar-refractivity contribution in [2.24, 2.45) is 0 Å². The summed E-state index contributed by atoms with van der Waals surface area (Å²) in [5.74, 6) is 0.626. The van der Waals surface area contributed by atoms with Crippen LogP contribution in [0.25, 0.3) is 0 Å². The summed E-state index contributed by atoms with van der Waals surface area (Å²) in [5.41, 5.74) is 4.35. The minimum absolute atomic E-state index is 0.626. The third-order valence-corrected chi connectivity index (χ3v) is 3.25. The normalized spacial score (nSPS) is 16.4. The topological polar surface area (TPSA) is 3.24 Å². The highest BCUT2D eigenvalue weighted by molar-refractivity contribution is 5.57. The molecule has 0 N–H and O–H groups in total. The molecule has 1 aliphatic rings. The number of aryl methyl sites for hydroxylation is 1. The van der Waals surface area contributed by atoms with Crippen LogP contribution in [-0.4, -0.2) is 13.1 Å². The zero-order valence-corrected chi connectivity index (χ0v) is 10.1. The maximum Gasteiger partial charge on any atom is 0.0404 e. The molecule has 1 aromatic carbocycles. The summed E-state index contributed by atoms with van der Waals surface area (Å²) in [5, 5.41) is 0. The van der Waals surface area contributed by atoms with Crippen LogP contribution in [0.4, 0.5) is 5.69 Å². The zero-order valence-electron chi connectivity index (χ0n) is 10.1. The summed E-state index contributed by atoms with van der Waals surface area (Å²) < 4.78 is 0. The van der Waals surface area contributed by atoms with E-state index in [1.165, 1.54) is 42.7 Å². The summed E-state index contributed by atoms with van der Waals surface area (Å²) in [6.07, 6.45) is 2.71. The van der Waals surface area contributed by atoms with Gasteiger partial charge in [-0.1, -0.05) is 26.0 Å². The van der Waals surface area contributed by atoms with E-state index in [9.17, 15) is 0 Å². The maximum atomic E-state index is 2.54. The molecule has 0 spiro atoms. The van der Waals surface area contributed by atoms with Crippen molar-refractivity contribution in [2.45, 2.75) is 39.5 Å². The largest absolute Gasteiger partial charge is 0.371 e. The average molecular weight is 203 g/mol. The molecule has 1 aromatic rings. The fourth-order valence-electron chi connectivity index (χ4n) is 2.37. The molecule has 1 saturated heterocycles. The predicted octanol–water partition coefficient (Wildman–Crippen LogP) is 3.72. The molecule has 0 amide bonds. The van der Waals surface area contributed by atoms with Crippen molar-refractivity contribution < 1.29 is 0 Å². The lowest BCUT2D eigenvalue weighted by Crippen LogP contribution is -2.19. The van der Waals surface area contributed by atoms with Crippen molar-refractivity contribution in [3.8, 4) is 0 Å². The van der Waals surface area contributed by atoms with Crippen molar-refractivity contribution in [3.63, 3.8) is 0 Å². The highest BCUT2D eigenvalue weighted by Crippen LogP contribution is 2.30. The highest BCUT2D eigenvalue weighted by atomic mass is 15.1. The minimum atomic E-state index is 0.626. The molecule has 0 saturated carbocycles. The number of rotatable bonds is 2. The minimum Gasteiger partial charge on any atom is -0.371 e. The summed E-state index contributed by atoms with van der Waals surface area (Å²) in [6.45, 7) is 9.23. The number of hydrogen-bond acceptors (Lipinski definition) is 1. The Labute approximate surface area is 93.1 Å². The lowest BCUT2D eigenvalue weighted by molar-refractivity contribution is 0.844. The van der Waals surface area contributed by atoms with E-state index in [4.69, 9.17) is 0 Å². The smallest absolute Gasteiger partial charge is 0.0404 e. The predicted molar refractivity (Wildman–Crippen MR) is 66.7 cm³/mol. The van der Waals surface area contributed by atoms with Crippen molar-refractivity contribution in [3.05, 3.63) is 29.3 Å². The lowest BCUT2D eigenvalue weighted by Gasteiger charge is -2.23. The Morgan fingerprint density at radius 3 is 2.40 bits per heavy atom. The molecule has 0 radical (unpaired) electrons. The second kappa shape index (κ2) is 4.26. The Morgan fingerprint density at radius 2 is 1.80 bits per heavy atom. The number of benzene rings is 1. The zero-order chi connectivity index (χ0) is 10.8. The molecular formula is C14H21N. The Hall–Kier alpha value is -0.980. The second-order valence-corrected chi connectivity index (χ2v) is 4.91. The van der Waals surface area contributed by atoms with E-state index >= 15 is 0 Å². The molecular weight excluding hydrogens is 182 g/mol. The standard InChI is InChI=1S/C14H21N/c1-11(2)13-7-6-12(3)10-14(13)15-8-4-5-9-15/h6-7,10-11H,4-5,8-9H2,1-3H3. The first kappa shape index (κ1) is 10.5. The first-order valence-electron chi connectivity index (χ1n) is 6.04. The molecule has 0 bridgehead atoms. The summed E-state index contributed by atoms with van der Waals surface area (Å²) in [6, 6.07) is 6.88. The van der Waals surface area contributed by atoms with Gasteiger partial charge >= 0.3 is 0 Å². The lowest BCUT2D eigenvalue weighted by atomic mass is 9.99. The van der Waals surface area contributed by atoms with Crippen molar-refractivity contribution >= 4 is 5.69 Å². The molecule has 1 aliphatic heterocycles. The Morgan fingerprint density at radius 1 is 1.13 bits per heavy atom. The van der Waals surface area contributed by atoms with Gasteiger partial charge < -0.3 is 4.90 Å². The van der Waals surface area contributed by atoms with Gasteiger partial charge in [0.15, 0.2) is 0 Å². The molecule has 2 rings (SSSR count). The van der Waals surface area contributed by atoms with Crippen molar-refractivity contribution in [1.82, 2.24) is 0 Å². The molecule has 0 unspecified atom stereocenters. The van der Waals surface area contributed by atoms with Crippen molar-refractivity contribution in [2.75, 3.05) is 18.0 Å². The molecule has 15 heavy (non-hydrogen) atoms. The van der Waals surface area contributed by atoms with Crippen LogP contribution < -0.4 is 4.90 Å². The van der Waals surface area contributed by atoms with Crippen LogP contribution in [0.3, 0.4) is 0 Å². The maximum absolute atomic E-state index is 2.54. The van der Waals surface area contributed by atoms with Gasteiger partial charge in [0, 0.05) is 18.8 Å². The summed E-state index contributed by atoms with van der Waals surface area (Å²) in [4.78, 5) is 2.54. The van der Waals surface area contributed by atoms with E-state index in [0.717, 1.165) is 0 Å². The Kier molecular flexibility index (Phi) is 2.99. The first-order chi connectivity index (χ1) is 7.18. The van der Waals surface area contributed by atoms with Gasteiger partial charge in [0.2, 0.25) is 0 Å². The van der Waals surface area contributed by atoms with Gasteiger partial charge in [-0.3, -0.25) is 0 Å². The van der Waals surface area contributed by atoms with Gasteiger partial charge in [0.1, 0.15) is 0 Å². The number of anilines is 1. The molecule has 1 heterocycles. The molecule has 1 heteroatoms. The first-order valence-corrected chi connectivity index (χ1v) is 6.04. The van der Waals surface area contributed by atoms with Crippen LogP contribution in [0.5, 0.6) is 0 Å². The van der Waals surface area contributed by atoms with Crippen LogP contribution in [0, 0.1) is 6.92 Å². The molecule has 1 nitrogen and oxygen atoms in total. The van der Waals surface area contributed by atoms with Crippen molar-refractivity contribution in [1.29, 1.82) is 0 Å². The Balaban J connectivity index is 2.37. The van der Waals surface area contributed by atoms with Gasteiger partial charge in [-0.25, -0.2) is 0 Å². The van der Waals surface area contributed by atoms with Gasteiger partial charge in [0.05, 0.1) is 0 Å². The fraction of sp³-hybridized carbons (Fsp3) is 0.571. The van der Waals surface area contributed by atoms with E-state index in [1.54, 1.807) is 0 Å². The SMILES string of the molecule is Cc1ccc(C(C)C)c(N2CCCC2)c1. The summed E-state index contributed by atoms with van der Waals surface area (Å²) in [7, 11) is 0. The average Bonchev–Trinajstić information content (AvgIpc) is 2.69. The molecule has 0 aliphatic carbocycles. The van der Waals surface area contributed by atoms with Crippen LogP contribution in [0.2, 0.25) is 0 Å². The number of nitrogens with zero attached hydrogens (tertiary/aromatic N) is 1. The van der Waals surface area contributed by atoms with E-state index in [-0.39, 0.29) is 0 Å². The summed E-state index contributed by atoms with van der Waals surface area (Å²) >= 11 is 0. The third kappa shape index (κ3) is 2.17. The van der Waals surface area contributed by atoms with Gasteiger partial charge in [0.25, 0.3) is 0 Å². The van der Waals surface area contributed by atoms with Gasteiger partial charge in [-0.15, -0.1) is 0 Å².